The Balaban J connectivity index is 1.93. The van der Waals surface area contributed by atoms with Gasteiger partial charge in [0, 0.05) is 6.04 Å². The highest BCUT2D eigenvalue weighted by Gasteiger charge is 2.45. The highest BCUT2D eigenvalue weighted by atomic mass is 35.5. The SMILES string of the molecule is FC(F)(F)C1CCCCC1Nc1c(Cl)ccc2scnc12. The molecule has 1 aliphatic rings. The number of alkyl halides is 3. The minimum absolute atomic E-state index is 0.172. The van der Waals surface area contributed by atoms with E-state index in [4.69, 9.17) is 11.6 Å². The van der Waals surface area contributed by atoms with Crippen molar-refractivity contribution in [3.8, 4) is 0 Å². The van der Waals surface area contributed by atoms with Crippen LogP contribution in [0.25, 0.3) is 10.2 Å². The van der Waals surface area contributed by atoms with E-state index < -0.39 is 18.1 Å². The molecule has 1 N–H and O–H groups in total. The maximum Gasteiger partial charge on any atom is 0.393 e. The number of benzene rings is 1. The van der Waals surface area contributed by atoms with Crippen molar-refractivity contribution in [3.63, 3.8) is 0 Å². The van der Waals surface area contributed by atoms with Crippen LogP contribution in [0, 0.1) is 5.92 Å². The first-order chi connectivity index (χ1) is 9.97. The van der Waals surface area contributed by atoms with Crippen LogP contribution in [0.2, 0.25) is 5.02 Å². The van der Waals surface area contributed by atoms with Crippen molar-refractivity contribution in [2.75, 3.05) is 5.32 Å². The predicted octanol–water partition coefficient (Wildman–Crippen LogP) is 5.48. The summed E-state index contributed by atoms with van der Waals surface area (Å²) in [5, 5.41) is 3.44. The largest absolute Gasteiger partial charge is 0.393 e. The van der Waals surface area contributed by atoms with Crippen LogP contribution in [-0.2, 0) is 0 Å². The van der Waals surface area contributed by atoms with Crippen LogP contribution in [0.1, 0.15) is 25.7 Å². The maximum atomic E-state index is 13.2. The second-order valence-corrected chi connectivity index (χ2v) is 6.60. The smallest absolute Gasteiger partial charge is 0.379 e. The first kappa shape index (κ1) is 14.9. The van der Waals surface area contributed by atoms with Gasteiger partial charge in [0.15, 0.2) is 0 Å². The molecule has 0 saturated heterocycles. The average molecular weight is 335 g/mol. The first-order valence-electron chi connectivity index (χ1n) is 6.82. The van der Waals surface area contributed by atoms with E-state index in [0.717, 1.165) is 11.1 Å². The van der Waals surface area contributed by atoms with E-state index in [0.29, 0.717) is 29.1 Å². The summed E-state index contributed by atoms with van der Waals surface area (Å²) >= 11 is 7.61. The van der Waals surface area contributed by atoms with Gasteiger partial charge < -0.3 is 5.32 Å². The van der Waals surface area contributed by atoms with Crippen LogP contribution in [0.5, 0.6) is 0 Å². The van der Waals surface area contributed by atoms with E-state index in [1.54, 1.807) is 11.6 Å². The molecule has 21 heavy (non-hydrogen) atoms. The number of thiazole rings is 1. The van der Waals surface area contributed by atoms with Crippen molar-refractivity contribution < 1.29 is 13.2 Å². The molecule has 0 radical (unpaired) electrons. The van der Waals surface area contributed by atoms with Gasteiger partial charge in [0.05, 0.1) is 26.8 Å². The Kier molecular flexibility index (Phi) is 4.01. The zero-order valence-corrected chi connectivity index (χ0v) is 12.7. The molecule has 2 atom stereocenters. The van der Waals surface area contributed by atoms with Crippen molar-refractivity contribution in [1.82, 2.24) is 4.98 Å². The first-order valence-corrected chi connectivity index (χ1v) is 8.07. The lowest BCUT2D eigenvalue weighted by atomic mass is 9.84. The molecule has 1 aromatic heterocycles. The van der Waals surface area contributed by atoms with Gasteiger partial charge in [-0.1, -0.05) is 24.4 Å². The second-order valence-electron chi connectivity index (χ2n) is 5.30. The fourth-order valence-electron chi connectivity index (χ4n) is 2.92. The van der Waals surface area contributed by atoms with Gasteiger partial charge >= 0.3 is 6.18 Å². The monoisotopic (exact) mass is 334 g/mol. The van der Waals surface area contributed by atoms with Crippen molar-refractivity contribution in [2.24, 2.45) is 5.92 Å². The lowest BCUT2D eigenvalue weighted by Crippen LogP contribution is -2.41. The van der Waals surface area contributed by atoms with E-state index in [-0.39, 0.29) is 6.42 Å². The average Bonchev–Trinajstić information content (AvgIpc) is 2.90. The van der Waals surface area contributed by atoms with Crippen molar-refractivity contribution in [2.45, 2.75) is 37.9 Å². The van der Waals surface area contributed by atoms with E-state index in [1.807, 2.05) is 6.07 Å². The third-order valence-corrected chi connectivity index (χ3v) is 5.08. The number of aromatic nitrogens is 1. The number of nitrogens with zero attached hydrogens (tertiary/aromatic N) is 1. The van der Waals surface area contributed by atoms with Gasteiger partial charge in [0.2, 0.25) is 0 Å². The number of hydrogen-bond acceptors (Lipinski definition) is 3. The molecule has 1 heterocycles. The molecule has 7 heteroatoms. The summed E-state index contributed by atoms with van der Waals surface area (Å²) in [6.07, 6.45) is -2.08. The van der Waals surface area contributed by atoms with Crippen molar-refractivity contribution in [1.29, 1.82) is 0 Å². The number of rotatable bonds is 2. The van der Waals surface area contributed by atoms with Gasteiger partial charge in [0.1, 0.15) is 5.52 Å². The Labute approximate surface area is 129 Å². The molecule has 0 aliphatic heterocycles. The number of halogens is 4. The Bertz CT molecular complexity index is 641. The summed E-state index contributed by atoms with van der Waals surface area (Å²) < 4.78 is 40.4. The van der Waals surface area contributed by atoms with Crippen LogP contribution >= 0.6 is 22.9 Å². The van der Waals surface area contributed by atoms with E-state index in [9.17, 15) is 13.2 Å². The summed E-state index contributed by atoms with van der Waals surface area (Å²) in [5.41, 5.74) is 2.85. The third kappa shape index (κ3) is 2.97. The fourth-order valence-corrected chi connectivity index (χ4v) is 3.82. The molecule has 1 aliphatic carbocycles. The standard InChI is InChI=1S/C14H14ClF3N2S/c15-9-5-6-11-13(19-7-21-11)12(9)20-10-4-2-1-3-8(10)14(16,17)18/h5-8,10,20H,1-4H2. The van der Waals surface area contributed by atoms with Gasteiger partial charge in [-0.3, -0.25) is 0 Å². The summed E-state index contributed by atoms with van der Waals surface area (Å²) in [6, 6.07) is 2.90. The normalized spacial score (nSPS) is 23.4. The minimum Gasteiger partial charge on any atom is -0.379 e. The van der Waals surface area contributed by atoms with E-state index >= 15 is 0 Å². The summed E-state index contributed by atoms with van der Waals surface area (Å²) in [7, 11) is 0. The fraction of sp³-hybridized carbons (Fsp3) is 0.500. The zero-order chi connectivity index (χ0) is 15.0. The lowest BCUT2D eigenvalue weighted by Gasteiger charge is -2.34. The molecule has 1 fully saturated rings. The summed E-state index contributed by atoms with van der Waals surface area (Å²) in [6.45, 7) is 0. The van der Waals surface area contributed by atoms with Gasteiger partial charge in [0.25, 0.3) is 0 Å². The molecule has 0 amide bonds. The molecule has 2 nitrogen and oxygen atoms in total. The van der Waals surface area contributed by atoms with Crippen LogP contribution in [0.15, 0.2) is 17.6 Å². The zero-order valence-electron chi connectivity index (χ0n) is 11.1. The third-order valence-electron chi connectivity index (χ3n) is 3.97. The van der Waals surface area contributed by atoms with E-state index in [2.05, 4.69) is 10.3 Å². The summed E-state index contributed by atoms with van der Waals surface area (Å²) in [5.74, 6) is -1.32. The molecule has 3 rings (SSSR count). The predicted molar refractivity (Wildman–Crippen MR) is 80.1 cm³/mol. The number of hydrogen-bond donors (Lipinski definition) is 1. The second kappa shape index (κ2) is 5.65. The number of fused-ring (bicyclic) bond motifs is 1. The molecule has 1 aromatic carbocycles. The Morgan fingerprint density at radius 3 is 2.76 bits per heavy atom. The Morgan fingerprint density at radius 1 is 1.24 bits per heavy atom. The van der Waals surface area contributed by atoms with Crippen molar-refractivity contribution in [3.05, 3.63) is 22.7 Å². The van der Waals surface area contributed by atoms with Gasteiger partial charge in [-0.15, -0.1) is 11.3 Å². The Hall–Kier alpha value is -1.01. The van der Waals surface area contributed by atoms with Crippen LogP contribution < -0.4 is 5.32 Å². The molecular weight excluding hydrogens is 321 g/mol. The molecule has 2 aromatic rings. The quantitative estimate of drug-likeness (QED) is 0.786. The highest BCUT2D eigenvalue weighted by Crippen LogP contribution is 2.41. The Morgan fingerprint density at radius 2 is 2.00 bits per heavy atom. The highest BCUT2D eigenvalue weighted by molar-refractivity contribution is 7.16. The molecule has 0 bridgehead atoms. The van der Waals surface area contributed by atoms with Gasteiger partial charge in [-0.05, 0) is 25.0 Å². The molecular formula is C14H14ClF3N2S. The lowest BCUT2D eigenvalue weighted by molar-refractivity contribution is -0.184. The topological polar surface area (TPSA) is 24.9 Å². The molecule has 114 valence electrons. The maximum absolute atomic E-state index is 13.2. The summed E-state index contributed by atoms with van der Waals surface area (Å²) in [4.78, 5) is 4.22. The van der Waals surface area contributed by atoms with Crippen LogP contribution in [-0.4, -0.2) is 17.2 Å². The number of nitrogens with one attached hydrogen (secondary N) is 1. The molecule has 1 saturated carbocycles. The van der Waals surface area contributed by atoms with Crippen LogP contribution in [0.3, 0.4) is 0 Å². The van der Waals surface area contributed by atoms with Crippen molar-refractivity contribution >= 4 is 38.8 Å². The molecule has 0 spiro atoms. The van der Waals surface area contributed by atoms with Crippen LogP contribution in [0.4, 0.5) is 18.9 Å². The van der Waals surface area contributed by atoms with Gasteiger partial charge in [-0.25, -0.2) is 4.98 Å². The van der Waals surface area contributed by atoms with Gasteiger partial charge in [-0.2, -0.15) is 13.2 Å². The van der Waals surface area contributed by atoms with E-state index in [1.165, 1.54) is 11.3 Å². The molecule has 2 unspecified atom stereocenters. The minimum atomic E-state index is -4.18. The number of anilines is 1.